The molecule has 2 saturated carbocycles. The molecule has 0 unspecified atom stereocenters. The lowest BCUT2D eigenvalue weighted by Crippen LogP contribution is -2.37. The van der Waals surface area contributed by atoms with Crippen LogP contribution >= 0.6 is 11.3 Å². The molecule has 8 heteroatoms. The highest BCUT2D eigenvalue weighted by Crippen LogP contribution is 2.52. The van der Waals surface area contributed by atoms with Crippen molar-refractivity contribution in [3.63, 3.8) is 0 Å². The summed E-state index contributed by atoms with van der Waals surface area (Å²) in [6.07, 6.45) is 2.51. The number of carbonyl (C=O) groups is 2. The molecular weight excluding hydrogens is 362 g/mol. The number of fused-ring (bicyclic) bond motifs is 2. The minimum absolute atomic E-state index is 0.0633. The van der Waals surface area contributed by atoms with Crippen LogP contribution in [-0.4, -0.2) is 22.0 Å². The van der Waals surface area contributed by atoms with Crippen molar-refractivity contribution < 1.29 is 23.5 Å². The fourth-order valence-electron chi connectivity index (χ4n) is 4.36. The molecule has 4 atom stereocenters. The topological polar surface area (TPSA) is 79.3 Å². The quantitative estimate of drug-likeness (QED) is 0.849. The number of carboxylic acid groups (broad SMARTS) is 1. The first-order valence-corrected chi connectivity index (χ1v) is 9.26. The molecule has 136 valence electrons. The number of carbonyl (C=O) groups excluding carboxylic acids is 1. The van der Waals surface area contributed by atoms with Gasteiger partial charge in [0.1, 0.15) is 11.6 Å². The van der Waals surface area contributed by atoms with Gasteiger partial charge in [-0.05, 0) is 43.2 Å². The van der Waals surface area contributed by atoms with Gasteiger partial charge in [-0.25, -0.2) is 13.8 Å². The van der Waals surface area contributed by atoms with Crippen molar-refractivity contribution in [2.24, 2.45) is 23.7 Å². The van der Waals surface area contributed by atoms with Gasteiger partial charge in [0, 0.05) is 17.0 Å². The van der Waals surface area contributed by atoms with Gasteiger partial charge in [0.25, 0.3) is 0 Å². The highest BCUT2D eigenvalue weighted by molar-refractivity contribution is 7.14. The van der Waals surface area contributed by atoms with E-state index in [0.717, 1.165) is 42.7 Å². The molecule has 1 aromatic heterocycles. The minimum Gasteiger partial charge on any atom is -0.481 e. The summed E-state index contributed by atoms with van der Waals surface area (Å²) >= 11 is 1.12. The van der Waals surface area contributed by atoms with E-state index in [0.29, 0.717) is 5.69 Å². The van der Waals surface area contributed by atoms with Gasteiger partial charge in [0.15, 0.2) is 5.13 Å². The molecule has 2 fully saturated rings. The largest absolute Gasteiger partial charge is 0.481 e. The Hall–Kier alpha value is -2.35. The fourth-order valence-corrected chi connectivity index (χ4v) is 5.08. The number of carboxylic acids is 1. The number of nitrogens with one attached hydrogen (secondary N) is 1. The van der Waals surface area contributed by atoms with Crippen LogP contribution in [0.2, 0.25) is 0 Å². The molecule has 2 aliphatic carbocycles. The molecule has 2 aromatic rings. The molecule has 1 heterocycles. The average Bonchev–Trinajstić information content (AvgIpc) is 3.29. The highest BCUT2D eigenvalue weighted by Gasteiger charge is 2.54. The molecule has 4 rings (SSSR count). The number of hydrogen-bond donors (Lipinski definition) is 2. The molecule has 0 aliphatic heterocycles. The van der Waals surface area contributed by atoms with Crippen molar-refractivity contribution in [1.82, 2.24) is 4.98 Å². The summed E-state index contributed by atoms with van der Waals surface area (Å²) < 4.78 is 26.9. The number of nitrogens with zero attached hydrogens (tertiary/aromatic N) is 1. The molecule has 2 aliphatic rings. The Labute approximate surface area is 152 Å². The summed E-state index contributed by atoms with van der Waals surface area (Å²) in [5.41, 5.74) is 0.442. The smallest absolute Gasteiger partial charge is 0.307 e. The maximum absolute atomic E-state index is 13.9. The van der Waals surface area contributed by atoms with Crippen LogP contribution in [0, 0.1) is 35.3 Å². The Morgan fingerprint density at radius 1 is 1.19 bits per heavy atom. The molecular formula is C18H16F2N2O3S. The molecule has 2 bridgehead atoms. The third-order valence-electron chi connectivity index (χ3n) is 5.45. The lowest BCUT2D eigenvalue weighted by atomic mass is 9.79. The second kappa shape index (κ2) is 6.42. The van der Waals surface area contributed by atoms with Gasteiger partial charge < -0.3 is 10.4 Å². The third kappa shape index (κ3) is 2.88. The molecule has 5 nitrogen and oxygen atoms in total. The Morgan fingerprint density at radius 3 is 2.62 bits per heavy atom. The maximum atomic E-state index is 13.9. The second-order valence-electron chi connectivity index (χ2n) is 6.87. The highest BCUT2D eigenvalue weighted by atomic mass is 32.1. The number of anilines is 1. The lowest BCUT2D eigenvalue weighted by Gasteiger charge is -2.26. The number of aliphatic carboxylic acids is 1. The normalized spacial score (nSPS) is 26.8. The summed E-state index contributed by atoms with van der Waals surface area (Å²) in [4.78, 5) is 28.4. The van der Waals surface area contributed by atoms with Crippen molar-refractivity contribution >= 4 is 28.3 Å². The van der Waals surface area contributed by atoms with Crippen LogP contribution in [0.5, 0.6) is 0 Å². The van der Waals surface area contributed by atoms with E-state index < -0.39 is 29.4 Å². The number of aromatic nitrogens is 1. The average molecular weight is 378 g/mol. The summed E-state index contributed by atoms with van der Waals surface area (Å²) in [7, 11) is 0. The van der Waals surface area contributed by atoms with Crippen LogP contribution in [0.1, 0.15) is 19.3 Å². The van der Waals surface area contributed by atoms with E-state index in [1.165, 1.54) is 6.07 Å². The molecule has 1 aromatic carbocycles. The first-order valence-electron chi connectivity index (χ1n) is 8.38. The number of thiazole rings is 1. The predicted octanol–water partition coefficient (Wildman–Crippen LogP) is 3.77. The molecule has 2 N–H and O–H groups in total. The molecule has 0 spiro atoms. The second-order valence-corrected chi connectivity index (χ2v) is 7.73. The van der Waals surface area contributed by atoms with E-state index in [1.807, 2.05) is 0 Å². The van der Waals surface area contributed by atoms with Crippen molar-refractivity contribution in [1.29, 1.82) is 0 Å². The van der Waals surface area contributed by atoms with Gasteiger partial charge in [-0.3, -0.25) is 9.59 Å². The summed E-state index contributed by atoms with van der Waals surface area (Å²) in [5, 5.41) is 14.0. The Balaban J connectivity index is 1.52. The van der Waals surface area contributed by atoms with Crippen LogP contribution in [-0.2, 0) is 9.59 Å². The van der Waals surface area contributed by atoms with E-state index in [-0.39, 0.29) is 28.4 Å². The van der Waals surface area contributed by atoms with Gasteiger partial charge in [-0.2, -0.15) is 0 Å². The van der Waals surface area contributed by atoms with Gasteiger partial charge in [-0.1, -0.05) is 0 Å². The number of halogens is 2. The summed E-state index contributed by atoms with van der Waals surface area (Å²) in [6, 6.07) is 3.21. The summed E-state index contributed by atoms with van der Waals surface area (Å²) in [5.74, 6) is -3.72. The van der Waals surface area contributed by atoms with E-state index in [2.05, 4.69) is 10.3 Å². The Bertz CT molecular complexity index is 885. The van der Waals surface area contributed by atoms with Crippen LogP contribution in [0.4, 0.5) is 13.9 Å². The summed E-state index contributed by atoms with van der Waals surface area (Å²) in [6.45, 7) is 0. The van der Waals surface area contributed by atoms with E-state index in [1.54, 1.807) is 5.38 Å². The fraction of sp³-hybridized carbons (Fsp3) is 0.389. The first-order chi connectivity index (χ1) is 12.4. The standard InChI is InChI=1S/C18H16F2N2O3S/c19-10-3-4-11(12(20)6-10)13-7-26-18(21-13)22-16(23)14-8-1-2-9(5-8)15(14)17(24)25/h3-4,6-9,14-15H,1-2,5H2,(H,24,25)(H,21,22,23)/t8-,9-,14-,15+/m0/s1. The van der Waals surface area contributed by atoms with Crippen molar-refractivity contribution in [2.75, 3.05) is 5.32 Å². The Morgan fingerprint density at radius 2 is 1.92 bits per heavy atom. The van der Waals surface area contributed by atoms with Crippen LogP contribution in [0.3, 0.4) is 0 Å². The van der Waals surface area contributed by atoms with E-state index >= 15 is 0 Å². The number of rotatable bonds is 4. The maximum Gasteiger partial charge on any atom is 0.307 e. The van der Waals surface area contributed by atoms with Crippen molar-refractivity contribution in [2.45, 2.75) is 19.3 Å². The van der Waals surface area contributed by atoms with Gasteiger partial charge >= 0.3 is 5.97 Å². The monoisotopic (exact) mass is 378 g/mol. The molecule has 0 saturated heterocycles. The third-order valence-corrected chi connectivity index (χ3v) is 6.20. The first kappa shape index (κ1) is 17.1. The molecule has 1 amide bonds. The zero-order valence-electron chi connectivity index (χ0n) is 13.6. The SMILES string of the molecule is O=C(O)[C@@H]1[C@H]2CC[C@@H](C2)[C@@H]1C(=O)Nc1nc(-c2ccc(F)cc2F)cs1. The van der Waals surface area contributed by atoms with Crippen molar-refractivity contribution in [3.8, 4) is 11.3 Å². The Kier molecular flexibility index (Phi) is 4.22. The molecule has 0 radical (unpaired) electrons. The van der Waals surface area contributed by atoms with Crippen LogP contribution in [0.25, 0.3) is 11.3 Å². The lowest BCUT2D eigenvalue weighted by molar-refractivity contribution is -0.148. The number of hydrogen-bond acceptors (Lipinski definition) is 4. The van der Waals surface area contributed by atoms with Crippen molar-refractivity contribution in [3.05, 3.63) is 35.2 Å². The van der Waals surface area contributed by atoms with E-state index in [9.17, 15) is 23.5 Å². The number of amides is 1. The van der Waals surface area contributed by atoms with E-state index in [4.69, 9.17) is 0 Å². The zero-order valence-corrected chi connectivity index (χ0v) is 14.4. The van der Waals surface area contributed by atoms with Crippen LogP contribution in [0.15, 0.2) is 23.6 Å². The minimum atomic E-state index is -0.925. The number of benzene rings is 1. The zero-order chi connectivity index (χ0) is 18.4. The molecule has 26 heavy (non-hydrogen) atoms. The predicted molar refractivity (Wildman–Crippen MR) is 91.5 cm³/mol. The van der Waals surface area contributed by atoms with Crippen LogP contribution < -0.4 is 5.32 Å². The van der Waals surface area contributed by atoms with Gasteiger partial charge in [0.2, 0.25) is 5.91 Å². The van der Waals surface area contributed by atoms with Gasteiger partial charge in [0.05, 0.1) is 17.5 Å². The van der Waals surface area contributed by atoms with Gasteiger partial charge in [-0.15, -0.1) is 11.3 Å².